The van der Waals surface area contributed by atoms with E-state index >= 15 is 0 Å². The van der Waals surface area contributed by atoms with E-state index in [-0.39, 0.29) is 55.9 Å². The maximum atomic E-state index is 14.6. The molecule has 3 amide bonds. The van der Waals surface area contributed by atoms with Crippen LogP contribution in [0.5, 0.6) is 11.5 Å². The zero-order valence-corrected chi connectivity index (χ0v) is 32.9. The monoisotopic (exact) mass is 793 g/mol. The summed E-state index contributed by atoms with van der Waals surface area (Å²) in [7, 11) is 6.25. The van der Waals surface area contributed by atoms with Crippen LogP contribution < -0.4 is 19.3 Å². The quantitative estimate of drug-likeness (QED) is 0.121. The number of hydrogen-bond donors (Lipinski definition) is 0. The van der Waals surface area contributed by atoms with E-state index in [9.17, 15) is 24.5 Å². The van der Waals surface area contributed by atoms with Crippen molar-refractivity contribution in [3.05, 3.63) is 104 Å². The molecule has 1 fully saturated rings. The first-order chi connectivity index (χ1) is 26.1. The van der Waals surface area contributed by atoms with Crippen LogP contribution in [0.2, 0.25) is 10.0 Å². The van der Waals surface area contributed by atoms with Crippen molar-refractivity contribution in [3.63, 3.8) is 0 Å². The average molecular weight is 795 g/mol. The Hall–Kier alpha value is -5.51. The third kappa shape index (κ3) is 8.90. The molecule has 1 atom stereocenters. The summed E-state index contributed by atoms with van der Waals surface area (Å²) in [5.74, 6) is -1.72. The third-order valence-electron chi connectivity index (χ3n) is 8.84. The van der Waals surface area contributed by atoms with Crippen LogP contribution in [0, 0.1) is 10.1 Å². The summed E-state index contributed by atoms with van der Waals surface area (Å²) in [6.45, 7) is 7.15. The minimum atomic E-state index is -1.11. The van der Waals surface area contributed by atoms with E-state index in [1.807, 2.05) is 7.05 Å². The Kier molecular flexibility index (Phi) is 12.5. The Morgan fingerprint density at radius 1 is 0.891 bits per heavy atom. The summed E-state index contributed by atoms with van der Waals surface area (Å²) < 4.78 is 16.6. The van der Waals surface area contributed by atoms with Gasteiger partial charge in [-0.05, 0) is 45.5 Å². The maximum Gasteiger partial charge on any atom is 0.420 e. The van der Waals surface area contributed by atoms with Crippen LogP contribution in [0.4, 0.5) is 27.8 Å². The molecular formula is C38H41Cl2N7O8. The van der Waals surface area contributed by atoms with E-state index in [0.29, 0.717) is 31.7 Å². The van der Waals surface area contributed by atoms with Crippen LogP contribution in [-0.2, 0) is 9.53 Å². The van der Waals surface area contributed by atoms with Gasteiger partial charge in [0.05, 0.1) is 35.1 Å². The van der Waals surface area contributed by atoms with Crippen LogP contribution in [-0.4, -0.2) is 103 Å². The number of hydrogen-bond acceptors (Lipinski definition) is 11. The predicted octanol–water partition coefficient (Wildman–Crippen LogP) is 6.96. The summed E-state index contributed by atoms with van der Waals surface area (Å²) >= 11 is 13.7. The lowest BCUT2D eigenvalue weighted by molar-refractivity contribution is -0.384. The van der Waals surface area contributed by atoms with Crippen molar-refractivity contribution in [2.24, 2.45) is 0 Å². The lowest BCUT2D eigenvalue weighted by Gasteiger charge is -2.32. The van der Waals surface area contributed by atoms with Crippen LogP contribution >= 0.6 is 23.2 Å². The zero-order chi connectivity index (χ0) is 40.2. The Bertz CT molecular complexity index is 2060. The molecule has 1 aliphatic heterocycles. The van der Waals surface area contributed by atoms with Gasteiger partial charge in [0.25, 0.3) is 11.6 Å². The highest BCUT2D eigenvalue weighted by Gasteiger charge is 2.36. The van der Waals surface area contributed by atoms with Crippen molar-refractivity contribution >= 4 is 64.1 Å². The van der Waals surface area contributed by atoms with Gasteiger partial charge in [-0.3, -0.25) is 24.6 Å². The van der Waals surface area contributed by atoms with E-state index in [4.69, 9.17) is 37.4 Å². The van der Waals surface area contributed by atoms with Gasteiger partial charge in [0.1, 0.15) is 40.8 Å². The molecule has 0 aliphatic carbocycles. The fourth-order valence-corrected chi connectivity index (χ4v) is 6.71. The number of piperazine rings is 1. The minimum Gasteiger partial charge on any atom is -0.495 e. The van der Waals surface area contributed by atoms with Crippen molar-refractivity contribution < 1.29 is 33.5 Å². The van der Waals surface area contributed by atoms with E-state index in [0.717, 1.165) is 17.3 Å². The van der Waals surface area contributed by atoms with E-state index in [2.05, 4.69) is 14.9 Å². The second-order valence-corrected chi connectivity index (χ2v) is 14.4. The van der Waals surface area contributed by atoms with Crippen LogP contribution in [0.25, 0.3) is 0 Å². The lowest BCUT2D eigenvalue weighted by atomic mass is 9.89. The predicted molar refractivity (Wildman–Crippen MR) is 208 cm³/mol. The molecule has 0 bridgehead atoms. The zero-order valence-electron chi connectivity index (χ0n) is 31.4. The Labute approximate surface area is 328 Å². The molecule has 0 saturated carbocycles. The molecule has 5 rings (SSSR count). The molecule has 1 saturated heterocycles. The number of nitrogens with zero attached hydrogens (tertiary/aromatic N) is 7. The number of nitro benzene ring substituents is 1. The van der Waals surface area contributed by atoms with Crippen molar-refractivity contribution in [2.75, 3.05) is 64.3 Å². The average Bonchev–Trinajstić information content (AvgIpc) is 3.16. The van der Waals surface area contributed by atoms with Crippen molar-refractivity contribution in [2.45, 2.75) is 32.3 Å². The van der Waals surface area contributed by atoms with Crippen LogP contribution in [0.3, 0.4) is 0 Å². The van der Waals surface area contributed by atoms with Gasteiger partial charge < -0.3 is 24.0 Å². The van der Waals surface area contributed by atoms with Crippen LogP contribution in [0.15, 0.2) is 67.0 Å². The molecule has 1 aliphatic rings. The first kappa shape index (κ1) is 40.7. The number of likely N-dealkylation sites (N-methyl/N-ethyl adjacent to an activating group) is 2. The fourth-order valence-electron chi connectivity index (χ4n) is 5.99. The molecule has 3 aromatic carbocycles. The van der Waals surface area contributed by atoms with Gasteiger partial charge in [-0.15, -0.1) is 0 Å². The normalized spacial score (nSPS) is 13.8. The van der Waals surface area contributed by atoms with Gasteiger partial charge in [0, 0.05) is 62.6 Å². The number of carbonyl (C=O) groups is 3. The van der Waals surface area contributed by atoms with Crippen LogP contribution in [0.1, 0.15) is 48.2 Å². The van der Waals surface area contributed by atoms with Gasteiger partial charge in [0.15, 0.2) is 0 Å². The number of aromatic nitrogens is 2. The molecule has 0 spiro atoms. The SMILES string of the molecule is COc1cc(OC)c(Cl)c(C(C(=O)N(C)c2cc(N(C(=O)OC(C)(C)C)c3ccc(C(=O)N4CCN(C)CC4)cc3[N+](=O)[O-])ncn2)c2ccccc2)c1Cl. The topological polar surface area (TPSA) is 161 Å². The number of methoxy groups -OCH3 is 2. The number of amides is 3. The standard InChI is InChI=1S/C38H41Cl2N7O8/c1-38(2,3)55-37(50)46(25-14-13-24(19-26(25)47(51)52)35(48)45-17-15-43(4)16-18-45)30-21-29(41-22-42-30)44(5)36(49)31(23-11-9-8-10-12-23)32-33(39)27(53-6)20-28(54-7)34(32)40/h8-14,19-22,31H,15-18H2,1-7H3. The highest BCUT2D eigenvalue weighted by molar-refractivity contribution is 6.38. The van der Waals surface area contributed by atoms with E-state index in [1.165, 1.54) is 50.4 Å². The first-order valence-electron chi connectivity index (χ1n) is 17.1. The number of benzene rings is 3. The number of rotatable bonds is 10. The molecule has 0 N–H and O–H groups in total. The van der Waals surface area contributed by atoms with Crippen molar-refractivity contribution in [1.29, 1.82) is 0 Å². The Morgan fingerprint density at radius 3 is 2.05 bits per heavy atom. The molecular weight excluding hydrogens is 753 g/mol. The first-order valence-corrected chi connectivity index (χ1v) is 17.9. The molecule has 17 heteroatoms. The molecule has 1 aromatic heterocycles. The molecule has 15 nitrogen and oxygen atoms in total. The molecule has 1 unspecified atom stereocenters. The molecule has 290 valence electrons. The molecule has 4 aromatic rings. The summed E-state index contributed by atoms with van der Waals surface area (Å²) in [5.41, 5.74) is -0.966. The highest BCUT2D eigenvalue weighted by Crippen LogP contribution is 2.46. The van der Waals surface area contributed by atoms with Gasteiger partial charge in [-0.1, -0.05) is 53.5 Å². The number of ether oxygens (including phenoxy) is 3. The highest BCUT2D eigenvalue weighted by atomic mass is 35.5. The summed E-state index contributed by atoms with van der Waals surface area (Å²) in [6, 6.07) is 15.5. The smallest absolute Gasteiger partial charge is 0.420 e. The number of halogens is 2. The molecule has 55 heavy (non-hydrogen) atoms. The van der Waals surface area contributed by atoms with Gasteiger partial charge >= 0.3 is 6.09 Å². The summed E-state index contributed by atoms with van der Waals surface area (Å²) in [4.78, 5) is 68.3. The number of carbonyl (C=O) groups excluding carboxylic acids is 3. The summed E-state index contributed by atoms with van der Waals surface area (Å²) in [5, 5.41) is 12.8. The number of anilines is 3. The Morgan fingerprint density at radius 2 is 1.49 bits per heavy atom. The molecule has 0 radical (unpaired) electrons. The van der Waals surface area contributed by atoms with E-state index < -0.39 is 34.1 Å². The Balaban J connectivity index is 1.61. The second-order valence-electron chi connectivity index (χ2n) is 13.7. The van der Waals surface area contributed by atoms with Gasteiger partial charge in [-0.2, -0.15) is 0 Å². The van der Waals surface area contributed by atoms with Gasteiger partial charge in [0.2, 0.25) is 5.91 Å². The minimum absolute atomic E-state index is 0.0103. The second kappa shape index (κ2) is 16.9. The third-order valence-corrected chi connectivity index (χ3v) is 9.62. The van der Waals surface area contributed by atoms with Gasteiger partial charge in [-0.25, -0.2) is 19.7 Å². The number of nitro groups is 1. The maximum absolute atomic E-state index is 14.6. The lowest BCUT2D eigenvalue weighted by Crippen LogP contribution is -2.47. The molecule has 2 heterocycles. The fraction of sp³-hybridized carbons (Fsp3) is 0.342. The van der Waals surface area contributed by atoms with Crippen molar-refractivity contribution in [3.8, 4) is 11.5 Å². The largest absolute Gasteiger partial charge is 0.495 e. The van der Waals surface area contributed by atoms with Crippen molar-refractivity contribution in [1.82, 2.24) is 19.8 Å². The van der Waals surface area contributed by atoms with E-state index in [1.54, 1.807) is 56.0 Å². The summed E-state index contributed by atoms with van der Waals surface area (Å²) in [6.07, 6.45) is 0.103.